The minimum Gasteiger partial charge on any atom is -0.440 e. The Labute approximate surface area is 167 Å². The lowest BCUT2D eigenvalue weighted by Crippen LogP contribution is -2.30. The van der Waals surface area contributed by atoms with Crippen LogP contribution in [0.5, 0.6) is 0 Å². The van der Waals surface area contributed by atoms with Gasteiger partial charge in [0, 0.05) is 29.6 Å². The molecule has 0 bridgehead atoms. The summed E-state index contributed by atoms with van der Waals surface area (Å²) in [4.78, 5) is 16.1. The maximum absolute atomic E-state index is 12.8. The van der Waals surface area contributed by atoms with Gasteiger partial charge in [0.1, 0.15) is 5.58 Å². The van der Waals surface area contributed by atoms with Gasteiger partial charge in [-0.25, -0.2) is 0 Å². The molecule has 0 radical (unpaired) electrons. The van der Waals surface area contributed by atoms with Crippen molar-refractivity contribution in [1.29, 1.82) is 0 Å². The van der Waals surface area contributed by atoms with Gasteiger partial charge in [-0.1, -0.05) is 36.4 Å². The first kappa shape index (κ1) is 17.3. The number of hydrogen-bond acceptors (Lipinski definition) is 4. The first-order valence-electron chi connectivity index (χ1n) is 9.76. The second-order valence-electron chi connectivity index (χ2n) is 7.24. The second kappa shape index (κ2) is 7.28. The summed E-state index contributed by atoms with van der Waals surface area (Å²) in [7, 11) is 0. The van der Waals surface area contributed by atoms with Crippen molar-refractivity contribution < 1.29 is 4.42 Å². The zero-order valence-electron chi connectivity index (χ0n) is 15.6. The molecular weight excluding hydrogens is 366 g/mol. The molecule has 4 aromatic rings. The smallest absolute Gasteiger partial charge is 0.200 e. The van der Waals surface area contributed by atoms with E-state index in [0.29, 0.717) is 16.9 Å². The maximum Gasteiger partial charge on any atom is 0.200 e. The molecule has 1 saturated heterocycles. The van der Waals surface area contributed by atoms with Crippen molar-refractivity contribution >= 4 is 28.2 Å². The molecule has 0 spiro atoms. The van der Waals surface area contributed by atoms with Crippen LogP contribution in [0.1, 0.15) is 19.3 Å². The summed E-state index contributed by atoms with van der Waals surface area (Å²) < 4.78 is 6.32. The van der Waals surface area contributed by atoms with Crippen molar-refractivity contribution in [2.75, 3.05) is 18.0 Å². The molecule has 1 aliphatic rings. The van der Waals surface area contributed by atoms with Gasteiger partial charge in [0.15, 0.2) is 11.3 Å². The molecule has 140 valence electrons. The van der Waals surface area contributed by atoms with Gasteiger partial charge in [-0.3, -0.25) is 4.79 Å². The topological polar surface area (TPSA) is 33.5 Å². The summed E-state index contributed by atoms with van der Waals surface area (Å²) in [6.07, 6.45) is 3.54. The highest BCUT2D eigenvalue weighted by molar-refractivity contribution is 7.14. The van der Waals surface area contributed by atoms with E-state index in [2.05, 4.69) is 40.6 Å². The van der Waals surface area contributed by atoms with Crippen molar-refractivity contribution in [3.8, 4) is 21.6 Å². The Morgan fingerprint density at radius 3 is 2.50 bits per heavy atom. The van der Waals surface area contributed by atoms with Crippen LogP contribution in [-0.2, 0) is 0 Å². The summed E-state index contributed by atoms with van der Waals surface area (Å²) >= 11 is 1.68. The first-order chi connectivity index (χ1) is 13.8. The maximum atomic E-state index is 12.8. The van der Waals surface area contributed by atoms with Crippen molar-refractivity contribution in [3.63, 3.8) is 0 Å². The molecule has 0 amide bonds. The Kier molecular flexibility index (Phi) is 4.49. The van der Waals surface area contributed by atoms with Crippen molar-refractivity contribution in [2.24, 2.45) is 0 Å². The quantitative estimate of drug-likeness (QED) is 0.421. The Hall–Kier alpha value is -2.85. The van der Waals surface area contributed by atoms with Gasteiger partial charge in [0.25, 0.3) is 0 Å². The van der Waals surface area contributed by atoms with Gasteiger partial charge in [-0.05, 0) is 54.0 Å². The third-order valence-electron chi connectivity index (χ3n) is 5.38. The average Bonchev–Trinajstić information content (AvgIpc) is 3.25. The Morgan fingerprint density at radius 1 is 0.857 bits per heavy atom. The molecular formula is C24H21NO2S. The zero-order chi connectivity index (χ0) is 18.9. The number of hydrogen-bond donors (Lipinski definition) is 0. The van der Waals surface area contributed by atoms with E-state index in [1.165, 1.54) is 17.5 Å². The molecule has 5 rings (SSSR count). The summed E-state index contributed by atoms with van der Waals surface area (Å²) in [6.45, 7) is 1.90. The first-order valence-corrected chi connectivity index (χ1v) is 10.6. The molecule has 2 aromatic carbocycles. The predicted molar refractivity (Wildman–Crippen MR) is 117 cm³/mol. The third-order valence-corrected chi connectivity index (χ3v) is 6.34. The molecule has 2 aromatic heterocycles. The number of rotatable bonds is 3. The normalized spacial score (nSPS) is 14.5. The second-order valence-corrected chi connectivity index (χ2v) is 8.16. The van der Waals surface area contributed by atoms with Crippen LogP contribution in [-0.4, -0.2) is 13.1 Å². The Bertz CT molecular complexity index is 1170. The molecule has 1 aliphatic heterocycles. The fourth-order valence-electron chi connectivity index (χ4n) is 3.89. The number of anilines is 1. The minimum absolute atomic E-state index is 0.0310. The van der Waals surface area contributed by atoms with Crippen LogP contribution in [0.15, 0.2) is 75.3 Å². The lowest BCUT2D eigenvalue weighted by molar-refractivity contribution is 0.513. The summed E-state index contributed by atoms with van der Waals surface area (Å²) in [5.41, 5.74) is 4.09. The predicted octanol–water partition coefficient (Wildman–Crippen LogP) is 6.18. The van der Waals surface area contributed by atoms with Crippen molar-refractivity contribution in [2.45, 2.75) is 19.3 Å². The molecule has 0 aliphatic carbocycles. The van der Waals surface area contributed by atoms with Crippen molar-refractivity contribution in [1.82, 2.24) is 0 Å². The number of piperidine rings is 1. The number of fused-ring (bicyclic) bond motifs is 1. The SMILES string of the molecule is O=c1cc(N2CCCCC2)oc2c(-c3cc(-c4ccccc4)cs3)cccc12. The lowest BCUT2D eigenvalue weighted by Gasteiger charge is -2.27. The highest BCUT2D eigenvalue weighted by Crippen LogP contribution is 2.37. The van der Waals surface area contributed by atoms with E-state index < -0.39 is 0 Å². The van der Waals surface area contributed by atoms with Crippen LogP contribution in [0.2, 0.25) is 0 Å². The van der Waals surface area contributed by atoms with Gasteiger partial charge in [0.2, 0.25) is 0 Å². The molecule has 4 heteroatoms. The standard InChI is InChI=1S/C24H21NO2S/c26-21-15-23(25-12-5-2-6-13-25)27-24-19(21)10-7-11-20(24)22-14-18(16-28-22)17-8-3-1-4-9-17/h1,3-4,7-11,14-16H,2,5-6,12-13H2. The van der Waals surface area contributed by atoms with E-state index in [9.17, 15) is 4.79 Å². The number of thiophene rings is 1. The molecule has 0 N–H and O–H groups in total. The molecule has 0 unspecified atom stereocenters. The largest absolute Gasteiger partial charge is 0.440 e. The number of para-hydroxylation sites is 1. The monoisotopic (exact) mass is 387 g/mol. The van der Waals surface area contributed by atoms with Gasteiger partial charge < -0.3 is 9.32 Å². The summed E-state index contributed by atoms with van der Waals surface area (Å²) in [6, 6.07) is 20.0. The third kappa shape index (κ3) is 3.14. The van der Waals surface area contributed by atoms with E-state index in [-0.39, 0.29) is 5.43 Å². The van der Waals surface area contributed by atoms with E-state index in [1.54, 1.807) is 17.4 Å². The number of nitrogens with zero attached hydrogens (tertiary/aromatic N) is 1. The van der Waals surface area contributed by atoms with Crippen LogP contribution in [0.3, 0.4) is 0 Å². The summed E-state index contributed by atoms with van der Waals surface area (Å²) in [5, 5.41) is 2.81. The molecule has 0 atom stereocenters. The van der Waals surface area contributed by atoms with Crippen LogP contribution in [0.25, 0.3) is 32.5 Å². The molecule has 0 saturated carbocycles. The highest BCUT2D eigenvalue weighted by atomic mass is 32.1. The fourth-order valence-corrected chi connectivity index (χ4v) is 4.83. The molecule has 3 heterocycles. The minimum atomic E-state index is 0.0310. The van der Waals surface area contributed by atoms with Crippen LogP contribution in [0, 0.1) is 0 Å². The van der Waals surface area contributed by atoms with Gasteiger partial charge in [-0.15, -0.1) is 11.3 Å². The van der Waals surface area contributed by atoms with Gasteiger partial charge in [-0.2, -0.15) is 0 Å². The molecule has 1 fully saturated rings. The van der Waals surface area contributed by atoms with Crippen LogP contribution in [0.4, 0.5) is 5.88 Å². The van der Waals surface area contributed by atoms with E-state index in [0.717, 1.165) is 36.4 Å². The van der Waals surface area contributed by atoms with Crippen LogP contribution >= 0.6 is 11.3 Å². The van der Waals surface area contributed by atoms with Gasteiger partial charge in [0.05, 0.1) is 5.39 Å². The zero-order valence-corrected chi connectivity index (χ0v) is 16.4. The highest BCUT2D eigenvalue weighted by Gasteiger charge is 2.17. The summed E-state index contributed by atoms with van der Waals surface area (Å²) in [5.74, 6) is 0.699. The fraction of sp³-hybridized carbons (Fsp3) is 0.208. The van der Waals surface area contributed by atoms with Gasteiger partial charge >= 0.3 is 0 Å². The Morgan fingerprint density at radius 2 is 1.68 bits per heavy atom. The number of benzene rings is 2. The molecule has 28 heavy (non-hydrogen) atoms. The van der Waals surface area contributed by atoms with Crippen molar-refractivity contribution in [3.05, 3.63) is 76.3 Å². The molecule has 3 nitrogen and oxygen atoms in total. The van der Waals surface area contributed by atoms with Crippen LogP contribution < -0.4 is 10.3 Å². The van der Waals surface area contributed by atoms with E-state index in [1.807, 2.05) is 24.3 Å². The Balaban J connectivity index is 1.62. The van der Waals surface area contributed by atoms with E-state index in [4.69, 9.17) is 4.42 Å². The average molecular weight is 388 g/mol. The lowest BCUT2D eigenvalue weighted by atomic mass is 10.1. The van der Waals surface area contributed by atoms with E-state index >= 15 is 0 Å².